The lowest BCUT2D eigenvalue weighted by molar-refractivity contribution is 0.321. The number of nitrogens with zero attached hydrogens (tertiary/aromatic N) is 3. The van der Waals surface area contributed by atoms with Crippen molar-refractivity contribution in [2.75, 3.05) is 26.5 Å². The average molecular weight is 270 g/mol. The number of hydrogen-bond acceptors (Lipinski definition) is 4. The summed E-state index contributed by atoms with van der Waals surface area (Å²) in [7, 11) is 6.01. The fourth-order valence-electron chi connectivity index (χ4n) is 2.08. The summed E-state index contributed by atoms with van der Waals surface area (Å²) in [5.41, 5.74) is 4.33. The maximum atomic E-state index is 4.53. The Kier molecular flexibility index (Phi) is 4.35. The van der Waals surface area contributed by atoms with Crippen molar-refractivity contribution >= 4 is 5.95 Å². The summed E-state index contributed by atoms with van der Waals surface area (Å²) in [6.45, 7) is 4.18. The van der Waals surface area contributed by atoms with Crippen molar-refractivity contribution in [2.24, 2.45) is 0 Å². The van der Waals surface area contributed by atoms with Crippen molar-refractivity contribution < 1.29 is 0 Å². The molecule has 1 aromatic heterocycles. The van der Waals surface area contributed by atoms with Crippen LogP contribution in [0.3, 0.4) is 0 Å². The Morgan fingerprint density at radius 3 is 2.55 bits per heavy atom. The standard InChI is InChI=1S/C16H22N4/c1-11-9-15(19-16(17-3)18-11)14-8-6-7-13(10-14)12(2)20(4)5/h6-10,12H,1-5H3,(H,17,18,19)/t12-/m1/s1. The van der Waals surface area contributed by atoms with Gasteiger partial charge in [0, 0.05) is 24.3 Å². The van der Waals surface area contributed by atoms with E-state index in [1.165, 1.54) is 5.56 Å². The Morgan fingerprint density at radius 2 is 1.90 bits per heavy atom. The molecule has 0 bridgehead atoms. The molecule has 0 saturated carbocycles. The highest BCUT2D eigenvalue weighted by molar-refractivity contribution is 5.62. The lowest BCUT2D eigenvalue weighted by Gasteiger charge is -2.20. The molecule has 4 heteroatoms. The molecule has 0 spiro atoms. The highest BCUT2D eigenvalue weighted by Gasteiger charge is 2.10. The minimum Gasteiger partial charge on any atom is -0.357 e. The third-order valence-electron chi connectivity index (χ3n) is 3.52. The van der Waals surface area contributed by atoms with Crippen molar-refractivity contribution in [3.63, 3.8) is 0 Å². The molecule has 0 amide bonds. The van der Waals surface area contributed by atoms with Gasteiger partial charge in [-0.05, 0) is 45.6 Å². The van der Waals surface area contributed by atoms with Gasteiger partial charge in [-0.3, -0.25) is 0 Å². The summed E-state index contributed by atoms with van der Waals surface area (Å²) in [6, 6.07) is 10.9. The summed E-state index contributed by atoms with van der Waals surface area (Å²) in [5, 5.41) is 3.00. The van der Waals surface area contributed by atoms with Crippen LogP contribution in [-0.4, -0.2) is 36.0 Å². The topological polar surface area (TPSA) is 41.1 Å². The predicted molar refractivity (Wildman–Crippen MR) is 83.9 cm³/mol. The molecule has 2 rings (SSSR count). The number of aromatic nitrogens is 2. The fraction of sp³-hybridized carbons (Fsp3) is 0.375. The second-order valence-electron chi connectivity index (χ2n) is 5.23. The molecule has 0 aliphatic rings. The zero-order valence-electron chi connectivity index (χ0n) is 12.8. The number of anilines is 1. The maximum absolute atomic E-state index is 4.53. The molecule has 1 atom stereocenters. The lowest BCUT2D eigenvalue weighted by atomic mass is 10.0. The van der Waals surface area contributed by atoms with Gasteiger partial charge in [-0.1, -0.05) is 18.2 Å². The molecular weight excluding hydrogens is 248 g/mol. The van der Waals surface area contributed by atoms with E-state index in [0.717, 1.165) is 17.0 Å². The number of benzene rings is 1. The van der Waals surface area contributed by atoms with E-state index in [2.05, 4.69) is 65.5 Å². The first kappa shape index (κ1) is 14.5. The summed E-state index contributed by atoms with van der Waals surface area (Å²) >= 11 is 0. The van der Waals surface area contributed by atoms with E-state index in [0.29, 0.717) is 12.0 Å². The quantitative estimate of drug-likeness (QED) is 0.926. The summed E-state index contributed by atoms with van der Waals surface area (Å²) < 4.78 is 0. The first-order chi connectivity index (χ1) is 9.51. The number of nitrogens with one attached hydrogen (secondary N) is 1. The fourth-order valence-corrected chi connectivity index (χ4v) is 2.08. The minimum absolute atomic E-state index is 0.377. The largest absolute Gasteiger partial charge is 0.357 e. The molecule has 0 fully saturated rings. The molecular formula is C16H22N4. The van der Waals surface area contributed by atoms with Gasteiger partial charge in [-0.25, -0.2) is 9.97 Å². The summed E-state index contributed by atoms with van der Waals surface area (Å²) in [6.07, 6.45) is 0. The third kappa shape index (κ3) is 3.14. The zero-order chi connectivity index (χ0) is 14.7. The van der Waals surface area contributed by atoms with Crippen LogP contribution in [0.2, 0.25) is 0 Å². The smallest absolute Gasteiger partial charge is 0.223 e. The van der Waals surface area contributed by atoms with Crippen LogP contribution >= 0.6 is 0 Å². The van der Waals surface area contributed by atoms with E-state index >= 15 is 0 Å². The molecule has 0 aliphatic heterocycles. The van der Waals surface area contributed by atoms with Crippen molar-refractivity contribution in [3.05, 3.63) is 41.6 Å². The second kappa shape index (κ2) is 6.01. The Hall–Kier alpha value is -1.94. The SMILES string of the molecule is CNc1nc(C)cc(-c2cccc([C@@H](C)N(C)C)c2)n1. The maximum Gasteiger partial charge on any atom is 0.223 e. The van der Waals surface area contributed by atoms with Gasteiger partial charge in [-0.2, -0.15) is 0 Å². The molecule has 0 radical (unpaired) electrons. The van der Waals surface area contributed by atoms with Gasteiger partial charge in [-0.15, -0.1) is 0 Å². The molecule has 2 aromatic rings. The van der Waals surface area contributed by atoms with Crippen LogP contribution in [-0.2, 0) is 0 Å². The number of aryl methyl sites for hydroxylation is 1. The third-order valence-corrected chi connectivity index (χ3v) is 3.52. The first-order valence-corrected chi connectivity index (χ1v) is 6.81. The Bertz CT molecular complexity index is 593. The Labute approximate surface area is 120 Å². The highest BCUT2D eigenvalue weighted by Crippen LogP contribution is 2.24. The van der Waals surface area contributed by atoms with Crippen LogP contribution in [0.1, 0.15) is 24.2 Å². The van der Waals surface area contributed by atoms with E-state index < -0.39 is 0 Å². The molecule has 1 N–H and O–H groups in total. The molecule has 106 valence electrons. The van der Waals surface area contributed by atoms with Crippen molar-refractivity contribution in [3.8, 4) is 11.3 Å². The van der Waals surface area contributed by atoms with Crippen molar-refractivity contribution in [2.45, 2.75) is 19.9 Å². The molecule has 1 heterocycles. The van der Waals surface area contributed by atoms with Crippen molar-refractivity contribution in [1.29, 1.82) is 0 Å². The van der Waals surface area contributed by atoms with Gasteiger partial charge >= 0.3 is 0 Å². The molecule has 4 nitrogen and oxygen atoms in total. The van der Waals surface area contributed by atoms with E-state index in [1.54, 1.807) is 0 Å². The van der Waals surface area contributed by atoms with Crippen molar-refractivity contribution in [1.82, 2.24) is 14.9 Å². The number of hydrogen-bond donors (Lipinski definition) is 1. The van der Waals surface area contributed by atoms with Crippen LogP contribution in [0, 0.1) is 6.92 Å². The lowest BCUT2D eigenvalue weighted by Crippen LogP contribution is -2.16. The minimum atomic E-state index is 0.377. The number of rotatable bonds is 4. The molecule has 20 heavy (non-hydrogen) atoms. The van der Waals surface area contributed by atoms with Crippen LogP contribution < -0.4 is 5.32 Å². The van der Waals surface area contributed by atoms with Gasteiger partial charge in [0.1, 0.15) is 0 Å². The van der Waals surface area contributed by atoms with Gasteiger partial charge in [0.2, 0.25) is 5.95 Å². The van der Waals surface area contributed by atoms with E-state index in [9.17, 15) is 0 Å². The van der Waals surface area contributed by atoms with Crippen LogP contribution in [0.5, 0.6) is 0 Å². The van der Waals surface area contributed by atoms with Crippen LogP contribution in [0.25, 0.3) is 11.3 Å². The second-order valence-corrected chi connectivity index (χ2v) is 5.23. The molecule has 0 aliphatic carbocycles. The Morgan fingerprint density at radius 1 is 1.15 bits per heavy atom. The first-order valence-electron chi connectivity index (χ1n) is 6.81. The monoisotopic (exact) mass is 270 g/mol. The van der Waals surface area contributed by atoms with E-state index in [1.807, 2.05) is 20.0 Å². The molecule has 1 aromatic carbocycles. The average Bonchev–Trinajstić information content (AvgIpc) is 2.45. The van der Waals surface area contributed by atoms with E-state index in [4.69, 9.17) is 0 Å². The van der Waals surface area contributed by atoms with Gasteiger partial charge in [0.05, 0.1) is 5.69 Å². The van der Waals surface area contributed by atoms with Crippen LogP contribution in [0.15, 0.2) is 30.3 Å². The zero-order valence-corrected chi connectivity index (χ0v) is 12.8. The van der Waals surface area contributed by atoms with Gasteiger partial charge in [0.15, 0.2) is 0 Å². The van der Waals surface area contributed by atoms with Crippen LogP contribution in [0.4, 0.5) is 5.95 Å². The summed E-state index contributed by atoms with van der Waals surface area (Å²) in [5.74, 6) is 0.658. The summed E-state index contributed by atoms with van der Waals surface area (Å²) in [4.78, 5) is 11.1. The predicted octanol–water partition coefficient (Wildman–Crippen LogP) is 3.12. The van der Waals surface area contributed by atoms with Gasteiger partial charge < -0.3 is 10.2 Å². The van der Waals surface area contributed by atoms with E-state index in [-0.39, 0.29) is 0 Å². The highest BCUT2D eigenvalue weighted by atomic mass is 15.1. The molecule has 0 unspecified atom stereocenters. The van der Waals surface area contributed by atoms with Gasteiger partial charge in [0.25, 0.3) is 0 Å². The Balaban J connectivity index is 2.43. The molecule has 0 saturated heterocycles. The normalized spacial score (nSPS) is 12.5.